The Hall–Kier alpha value is -0.900. The lowest BCUT2D eigenvalue weighted by molar-refractivity contribution is -0.326. The van der Waals surface area contributed by atoms with E-state index in [9.17, 15) is 15.3 Å². The molecule has 0 bridgehead atoms. The molecule has 3 heteroatoms. The summed E-state index contributed by atoms with van der Waals surface area (Å²) in [4.78, 5) is 0. The quantitative estimate of drug-likeness (QED) is 0.475. The molecule has 1 aromatic carbocycles. The second kappa shape index (κ2) is 8.31. The maximum atomic E-state index is 9.48. The zero-order valence-electron chi connectivity index (χ0n) is 11.8. The van der Waals surface area contributed by atoms with Crippen LogP contribution in [-0.4, -0.2) is 21.3 Å². The molecule has 0 fully saturated rings. The molecule has 0 aliphatic heterocycles. The van der Waals surface area contributed by atoms with Crippen molar-refractivity contribution in [3.8, 4) is 0 Å². The van der Waals surface area contributed by atoms with Crippen molar-refractivity contribution in [1.82, 2.24) is 0 Å². The van der Waals surface area contributed by atoms with Gasteiger partial charge < -0.3 is 15.3 Å². The van der Waals surface area contributed by atoms with Crippen LogP contribution in [0.1, 0.15) is 63.4 Å². The summed E-state index contributed by atoms with van der Waals surface area (Å²) < 4.78 is 0. The molecule has 0 spiro atoms. The normalized spacial score (nSPS) is 13.5. The summed E-state index contributed by atoms with van der Waals surface area (Å²) >= 11 is 0. The molecule has 0 radical (unpaired) electrons. The number of aliphatic hydroxyl groups is 3. The fourth-order valence-corrected chi connectivity index (χ4v) is 2.40. The molecule has 0 aliphatic carbocycles. The smallest absolute Gasteiger partial charge is 0.282 e. The van der Waals surface area contributed by atoms with Crippen molar-refractivity contribution in [2.24, 2.45) is 0 Å². The predicted molar refractivity (Wildman–Crippen MR) is 76.6 cm³/mol. The highest BCUT2D eigenvalue weighted by molar-refractivity contribution is 5.20. The van der Waals surface area contributed by atoms with Crippen LogP contribution in [0.25, 0.3) is 0 Å². The van der Waals surface area contributed by atoms with E-state index >= 15 is 0 Å². The molecule has 0 saturated carbocycles. The molecule has 0 heterocycles. The Balaban J connectivity index is 2.44. The summed E-state index contributed by atoms with van der Waals surface area (Å²) in [5.74, 6) is -3.27. The largest absolute Gasteiger partial charge is 0.343 e. The minimum Gasteiger partial charge on any atom is -0.343 e. The summed E-state index contributed by atoms with van der Waals surface area (Å²) in [6, 6.07) is 9.20. The van der Waals surface area contributed by atoms with Gasteiger partial charge in [0.1, 0.15) is 0 Å². The van der Waals surface area contributed by atoms with Gasteiger partial charge in [-0.15, -0.1) is 0 Å². The van der Waals surface area contributed by atoms with Crippen molar-refractivity contribution < 1.29 is 15.3 Å². The first-order valence-electron chi connectivity index (χ1n) is 7.27. The standard InChI is InChI=1S/C16H26O3/c1-2-3-4-5-6-10-13-15(16(17,18)19)14-11-8-7-9-12-14/h7-9,11-12,15,17-19H,2-6,10,13H2,1H3. The van der Waals surface area contributed by atoms with Gasteiger partial charge in [-0.3, -0.25) is 0 Å². The van der Waals surface area contributed by atoms with Gasteiger partial charge in [0.25, 0.3) is 5.97 Å². The van der Waals surface area contributed by atoms with Gasteiger partial charge in [0.15, 0.2) is 0 Å². The molecule has 0 amide bonds. The topological polar surface area (TPSA) is 60.7 Å². The van der Waals surface area contributed by atoms with Gasteiger partial charge in [-0.1, -0.05) is 75.8 Å². The van der Waals surface area contributed by atoms with Crippen LogP contribution in [-0.2, 0) is 0 Å². The lowest BCUT2D eigenvalue weighted by Gasteiger charge is -2.26. The van der Waals surface area contributed by atoms with E-state index in [0.29, 0.717) is 6.42 Å². The number of hydrogen-bond donors (Lipinski definition) is 3. The van der Waals surface area contributed by atoms with Gasteiger partial charge in [-0.05, 0) is 12.0 Å². The van der Waals surface area contributed by atoms with Crippen LogP contribution in [0, 0.1) is 0 Å². The van der Waals surface area contributed by atoms with Crippen LogP contribution in [0.15, 0.2) is 30.3 Å². The molecule has 1 unspecified atom stereocenters. The van der Waals surface area contributed by atoms with Crippen molar-refractivity contribution in [2.45, 2.75) is 63.8 Å². The van der Waals surface area contributed by atoms with E-state index in [1.807, 2.05) is 30.3 Å². The van der Waals surface area contributed by atoms with E-state index in [4.69, 9.17) is 0 Å². The van der Waals surface area contributed by atoms with E-state index < -0.39 is 11.9 Å². The lowest BCUT2D eigenvalue weighted by atomic mass is 9.90. The summed E-state index contributed by atoms with van der Waals surface area (Å²) in [7, 11) is 0. The molecule has 0 saturated heterocycles. The number of unbranched alkanes of at least 4 members (excludes halogenated alkanes) is 5. The third kappa shape index (κ3) is 6.19. The number of rotatable bonds is 9. The van der Waals surface area contributed by atoms with Gasteiger partial charge >= 0.3 is 0 Å². The van der Waals surface area contributed by atoms with Crippen LogP contribution >= 0.6 is 0 Å². The summed E-state index contributed by atoms with van der Waals surface area (Å²) in [5.41, 5.74) is 0.767. The van der Waals surface area contributed by atoms with Gasteiger partial charge in [-0.2, -0.15) is 0 Å². The highest BCUT2D eigenvalue weighted by Crippen LogP contribution is 2.30. The molecule has 19 heavy (non-hydrogen) atoms. The molecule has 1 atom stereocenters. The van der Waals surface area contributed by atoms with Gasteiger partial charge in [-0.25, -0.2) is 0 Å². The Kier molecular flexibility index (Phi) is 7.06. The minimum absolute atomic E-state index is 0.583. The van der Waals surface area contributed by atoms with Gasteiger partial charge in [0.05, 0.1) is 5.92 Å². The predicted octanol–water partition coefficient (Wildman–Crippen LogP) is 3.15. The second-order valence-electron chi connectivity index (χ2n) is 5.21. The first-order chi connectivity index (χ1) is 9.05. The molecule has 1 aromatic rings. The second-order valence-corrected chi connectivity index (χ2v) is 5.21. The van der Waals surface area contributed by atoms with Crippen LogP contribution in [0.4, 0.5) is 0 Å². The SMILES string of the molecule is CCCCCCCCC(c1ccccc1)C(O)(O)O. The Morgan fingerprint density at radius 2 is 1.47 bits per heavy atom. The molecule has 1 rings (SSSR count). The molecule has 0 aromatic heterocycles. The number of hydrogen-bond acceptors (Lipinski definition) is 3. The van der Waals surface area contributed by atoms with E-state index in [2.05, 4.69) is 6.92 Å². The van der Waals surface area contributed by atoms with Crippen molar-refractivity contribution in [3.05, 3.63) is 35.9 Å². The average molecular weight is 266 g/mol. The average Bonchev–Trinajstić information content (AvgIpc) is 2.37. The molecular weight excluding hydrogens is 240 g/mol. The van der Waals surface area contributed by atoms with Crippen LogP contribution in [0.2, 0.25) is 0 Å². The fraction of sp³-hybridized carbons (Fsp3) is 0.625. The van der Waals surface area contributed by atoms with E-state index in [-0.39, 0.29) is 0 Å². The lowest BCUT2D eigenvalue weighted by Crippen LogP contribution is -2.35. The third-order valence-corrected chi connectivity index (χ3v) is 3.52. The molecule has 0 aliphatic rings. The van der Waals surface area contributed by atoms with Gasteiger partial charge in [0.2, 0.25) is 0 Å². The van der Waals surface area contributed by atoms with Crippen LogP contribution in [0.3, 0.4) is 0 Å². The first-order valence-corrected chi connectivity index (χ1v) is 7.27. The fourth-order valence-electron chi connectivity index (χ4n) is 2.40. The van der Waals surface area contributed by atoms with Crippen molar-refractivity contribution >= 4 is 0 Å². The first kappa shape index (κ1) is 16.2. The van der Waals surface area contributed by atoms with Crippen molar-refractivity contribution in [2.75, 3.05) is 0 Å². The highest BCUT2D eigenvalue weighted by Gasteiger charge is 2.32. The molecule has 3 N–H and O–H groups in total. The third-order valence-electron chi connectivity index (χ3n) is 3.52. The zero-order chi connectivity index (χ0) is 14.1. The Morgan fingerprint density at radius 3 is 2.05 bits per heavy atom. The maximum absolute atomic E-state index is 9.48. The Morgan fingerprint density at radius 1 is 0.895 bits per heavy atom. The van der Waals surface area contributed by atoms with Crippen LogP contribution < -0.4 is 0 Å². The van der Waals surface area contributed by atoms with E-state index in [1.165, 1.54) is 25.7 Å². The van der Waals surface area contributed by atoms with E-state index in [1.54, 1.807) is 0 Å². The summed E-state index contributed by atoms with van der Waals surface area (Å²) in [6.45, 7) is 2.18. The molecule has 108 valence electrons. The van der Waals surface area contributed by atoms with Crippen molar-refractivity contribution in [1.29, 1.82) is 0 Å². The molecule has 3 nitrogen and oxygen atoms in total. The zero-order valence-corrected chi connectivity index (χ0v) is 11.8. The summed E-state index contributed by atoms with van der Waals surface area (Å²) in [5, 5.41) is 28.4. The molecular formula is C16H26O3. The van der Waals surface area contributed by atoms with Crippen molar-refractivity contribution in [3.63, 3.8) is 0 Å². The Labute approximate surface area is 115 Å². The highest BCUT2D eigenvalue weighted by atomic mass is 16.7. The minimum atomic E-state index is -2.63. The van der Waals surface area contributed by atoms with Crippen LogP contribution in [0.5, 0.6) is 0 Å². The van der Waals surface area contributed by atoms with E-state index in [0.717, 1.165) is 18.4 Å². The summed E-state index contributed by atoms with van der Waals surface area (Å²) in [6.07, 6.45) is 7.43. The Bertz CT molecular complexity index is 330. The maximum Gasteiger partial charge on any atom is 0.282 e. The monoisotopic (exact) mass is 266 g/mol. The number of benzene rings is 1. The van der Waals surface area contributed by atoms with Gasteiger partial charge in [0, 0.05) is 0 Å².